The smallest absolute Gasteiger partial charge is 0.0343 e. The zero-order valence-electron chi connectivity index (χ0n) is 10.5. The standard InChI is InChI=1S/C16H15N3/c17-16-8-14(12-3-1-5-18-10-12)7-15(9-16)13-4-2-6-19-11-13/h1-6,8-11,14H,7,17H2/t14-/m1/s1. The molecule has 2 N–H and O–H groups in total. The largest absolute Gasteiger partial charge is 0.399 e. The van der Waals surface area contributed by atoms with Crippen molar-refractivity contribution in [2.45, 2.75) is 12.3 Å². The molecule has 1 aliphatic rings. The summed E-state index contributed by atoms with van der Waals surface area (Å²) in [7, 11) is 0. The summed E-state index contributed by atoms with van der Waals surface area (Å²) in [6.07, 6.45) is 12.4. The second-order valence-electron chi connectivity index (χ2n) is 4.67. The van der Waals surface area contributed by atoms with E-state index in [0.29, 0.717) is 0 Å². The lowest BCUT2D eigenvalue weighted by atomic mass is 9.85. The average Bonchev–Trinajstić information content (AvgIpc) is 2.48. The van der Waals surface area contributed by atoms with Crippen molar-refractivity contribution in [1.29, 1.82) is 0 Å². The van der Waals surface area contributed by atoms with Crippen LogP contribution in [-0.2, 0) is 0 Å². The zero-order valence-corrected chi connectivity index (χ0v) is 10.5. The zero-order chi connectivity index (χ0) is 13.1. The summed E-state index contributed by atoms with van der Waals surface area (Å²) in [5.41, 5.74) is 10.4. The fourth-order valence-electron chi connectivity index (χ4n) is 2.40. The molecule has 1 atom stereocenters. The third kappa shape index (κ3) is 2.55. The molecule has 0 unspecified atom stereocenters. The number of pyridine rings is 2. The van der Waals surface area contributed by atoms with E-state index in [9.17, 15) is 0 Å². The van der Waals surface area contributed by atoms with E-state index in [-0.39, 0.29) is 5.92 Å². The second-order valence-corrected chi connectivity index (χ2v) is 4.67. The van der Waals surface area contributed by atoms with Crippen molar-refractivity contribution in [1.82, 2.24) is 9.97 Å². The Bertz CT molecular complexity index is 615. The van der Waals surface area contributed by atoms with Gasteiger partial charge in [0.1, 0.15) is 0 Å². The Morgan fingerprint density at radius 3 is 2.53 bits per heavy atom. The molecular formula is C16H15N3. The van der Waals surface area contributed by atoms with Crippen molar-refractivity contribution in [2.75, 3.05) is 0 Å². The third-order valence-corrected chi connectivity index (χ3v) is 3.32. The molecule has 0 spiro atoms. The summed E-state index contributed by atoms with van der Waals surface area (Å²) in [4.78, 5) is 8.35. The van der Waals surface area contributed by atoms with Gasteiger partial charge < -0.3 is 5.73 Å². The Labute approximate surface area is 112 Å². The molecule has 0 bridgehead atoms. The van der Waals surface area contributed by atoms with E-state index < -0.39 is 0 Å². The highest BCUT2D eigenvalue weighted by Crippen LogP contribution is 2.34. The van der Waals surface area contributed by atoms with Crippen LogP contribution in [0.1, 0.15) is 23.5 Å². The van der Waals surface area contributed by atoms with E-state index in [1.165, 1.54) is 11.1 Å². The molecule has 94 valence electrons. The van der Waals surface area contributed by atoms with Gasteiger partial charge in [-0.3, -0.25) is 9.97 Å². The summed E-state index contributed by atoms with van der Waals surface area (Å²) in [6.45, 7) is 0. The van der Waals surface area contributed by atoms with Crippen LogP contribution in [0.2, 0.25) is 0 Å². The minimum absolute atomic E-state index is 0.286. The number of allylic oxidation sites excluding steroid dienone is 3. The molecule has 2 heterocycles. The lowest BCUT2D eigenvalue weighted by Crippen LogP contribution is -2.08. The number of nitrogens with two attached hydrogens (primary N) is 1. The summed E-state index contributed by atoms with van der Waals surface area (Å²) in [5.74, 6) is 0.286. The minimum atomic E-state index is 0.286. The van der Waals surface area contributed by atoms with E-state index in [2.05, 4.69) is 28.2 Å². The molecule has 0 fully saturated rings. The molecule has 0 aliphatic heterocycles. The van der Waals surface area contributed by atoms with Gasteiger partial charge in [0, 0.05) is 36.4 Å². The molecule has 3 nitrogen and oxygen atoms in total. The van der Waals surface area contributed by atoms with Crippen LogP contribution in [0.15, 0.2) is 66.9 Å². The van der Waals surface area contributed by atoms with Crippen LogP contribution in [0.4, 0.5) is 0 Å². The SMILES string of the molecule is NC1=C[C@H](c2cccnc2)CC(c2cccnc2)=C1. The summed E-state index contributed by atoms with van der Waals surface area (Å²) in [5, 5.41) is 0. The molecule has 0 aromatic carbocycles. The maximum atomic E-state index is 6.03. The van der Waals surface area contributed by atoms with Gasteiger partial charge in [0.25, 0.3) is 0 Å². The predicted molar refractivity (Wildman–Crippen MR) is 76.1 cm³/mol. The van der Waals surface area contributed by atoms with E-state index >= 15 is 0 Å². The number of nitrogens with zero attached hydrogens (tertiary/aromatic N) is 2. The van der Waals surface area contributed by atoms with Crippen molar-refractivity contribution < 1.29 is 0 Å². The van der Waals surface area contributed by atoms with Gasteiger partial charge in [-0.1, -0.05) is 18.2 Å². The maximum absolute atomic E-state index is 6.03. The molecule has 0 amide bonds. The first kappa shape index (κ1) is 11.7. The first-order valence-corrected chi connectivity index (χ1v) is 6.31. The van der Waals surface area contributed by atoms with Crippen molar-refractivity contribution in [3.05, 3.63) is 78.0 Å². The van der Waals surface area contributed by atoms with Crippen LogP contribution in [0.3, 0.4) is 0 Å². The van der Waals surface area contributed by atoms with Crippen LogP contribution in [0.25, 0.3) is 5.57 Å². The van der Waals surface area contributed by atoms with Crippen molar-refractivity contribution in [3.63, 3.8) is 0 Å². The predicted octanol–water partition coefficient (Wildman–Crippen LogP) is 2.89. The lowest BCUT2D eigenvalue weighted by Gasteiger charge is -2.20. The fourth-order valence-corrected chi connectivity index (χ4v) is 2.40. The highest BCUT2D eigenvalue weighted by molar-refractivity contribution is 5.70. The minimum Gasteiger partial charge on any atom is -0.399 e. The van der Waals surface area contributed by atoms with E-state index in [1.807, 2.05) is 30.6 Å². The topological polar surface area (TPSA) is 51.8 Å². The molecule has 3 heteroatoms. The Balaban J connectivity index is 1.92. The molecular weight excluding hydrogens is 234 g/mol. The van der Waals surface area contributed by atoms with Crippen LogP contribution >= 0.6 is 0 Å². The molecule has 0 radical (unpaired) electrons. The maximum Gasteiger partial charge on any atom is 0.0343 e. The van der Waals surface area contributed by atoms with E-state index in [0.717, 1.165) is 17.7 Å². The summed E-state index contributed by atoms with van der Waals surface area (Å²) in [6, 6.07) is 8.07. The molecule has 0 saturated carbocycles. The van der Waals surface area contributed by atoms with Crippen LogP contribution < -0.4 is 5.73 Å². The molecule has 19 heavy (non-hydrogen) atoms. The number of hydrogen-bond acceptors (Lipinski definition) is 3. The Kier molecular flexibility index (Phi) is 3.11. The quantitative estimate of drug-likeness (QED) is 0.890. The van der Waals surface area contributed by atoms with Gasteiger partial charge in [0.05, 0.1) is 0 Å². The van der Waals surface area contributed by atoms with Gasteiger partial charge in [0.15, 0.2) is 0 Å². The molecule has 0 saturated heterocycles. The Morgan fingerprint density at radius 2 is 1.84 bits per heavy atom. The van der Waals surface area contributed by atoms with Crippen LogP contribution in [-0.4, -0.2) is 9.97 Å². The van der Waals surface area contributed by atoms with Gasteiger partial charge in [-0.15, -0.1) is 0 Å². The number of aromatic nitrogens is 2. The van der Waals surface area contributed by atoms with Gasteiger partial charge in [-0.05, 0) is 41.3 Å². The first-order valence-electron chi connectivity index (χ1n) is 6.31. The Morgan fingerprint density at radius 1 is 1.05 bits per heavy atom. The van der Waals surface area contributed by atoms with E-state index in [4.69, 9.17) is 5.73 Å². The van der Waals surface area contributed by atoms with Gasteiger partial charge in [0.2, 0.25) is 0 Å². The second kappa shape index (κ2) is 5.06. The Hall–Kier alpha value is -2.42. The molecule has 1 aliphatic carbocycles. The van der Waals surface area contributed by atoms with Crippen molar-refractivity contribution in [3.8, 4) is 0 Å². The first-order chi connectivity index (χ1) is 9.33. The highest BCUT2D eigenvalue weighted by atomic mass is 14.6. The number of rotatable bonds is 2. The monoisotopic (exact) mass is 249 g/mol. The fraction of sp³-hybridized carbons (Fsp3) is 0.125. The van der Waals surface area contributed by atoms with Crippen molar-refractivity contribution >= 4 is 5.57 Å². The van der Waals surface area contributed by atoms with Crippen molar-refractivity contribution in [2.24, 2.45) is 5.73 Å². The van der Waals surface area contributed by atoms with Gasteiger partial charge in [-0.2, -0.15) is 0 Å². The highest BCUT2D eigenvalue weighted by Gasteiger charge is 2.17. The molecule has 2 aromatic heterocycles. The average molecular weight is 249 g/mol. The molecule has 2 aromatic rings. The summed E-state index contributed by atoms with van der Waals surface area (Å²) < 4.78 is 0. The normalized spacial score (nSPS) is 18.6. The third-order valence-electron chi connectivity index (χ3n) is 3.32. The summed E-state index contributed by atoms with van der Waals surface area (Å²) >= 11 is 0. The van der Waals surface area contributed by atoms with Gasteiger partial charge >= 0.3 is 0 Å². The number of hydrogen-bond donors (Lipinski definition) is 1. The van der Waals surface area contributed by atoms with Crippen LogP contribution in [0, 0.1) is 0 Å². The van der Waals surface area contributed by atoms with E-state index in [1.54, 1.807) is 12.4 Å². The van der Waals surface area contributed by atoms with Gasteiger partial charge in [-0.25, -0.2) is 0 Å². The van der Waals surface area contributed by atoms with Crippen LogP contribution in [0.5, 0.6) is 0 Å². The lowest BCUT2D eigenvalue weighted by molar-refractivity contribution is 0.847. The molecule has 3 rings (SSSR count).